The van der Waals surface area contributed by atoms with E-state index in [9.17, 15) is 49.5 Å². The minimum atomic E-state index is -2.07. The molecule has 1 aromatic heterocycles. The lowest BCUT2D eigenvalue weighted by Gasteiger charge is -2.49. The van der Waals surface area contributed by atoms with Crippen LogP contribution in [0.25, 0.3) is 10.9 Å². The molecule has 3 aliphatic heterocycles. The van der Waals surface area contributed by atoms with Gasteiger partial charge in [-0.2, -0.15) is 0 Å². The van der Waals surface area contributed by atoms with Gasteiger partial charge in [-0.1, -0.05) is 39.3 Å². The first-order valence-electron chi connectivity index (χ1n) is 27.1. The number of aliphatic hydroxyl groups excluding tert-OH is 2. The van der Waals surface area contributed by atoms with Crippen LogP contribution in [0.15, 0.2) is 23.1 Å². The molecule has 22 heteroatoms. The number of anilines is 1. The van der Waals surface area contributed by atoms with Gasteiger partial charge in [-0.3, -0.25) is 19.2 Å². The second-order valence-electron chi connectivity index (χ2n) is 23.0. The number of hydrogen-bond donors (Lipinski definition) is 7. The number of hydrogen-bond acceptors (Lipinski definition) is 19. The fourth-order valence-corrected chi connectivity index (χ4v) is 12.0. The zero-order valence-electron chi connectivity index (χ0n) is 46.9. The first-order valence-corrected chi connectivity index (χ1v) is 27.5. The van der Waals surface area contributed by atoms with Crippen molar-refractivity contribution in [2.45, 2.75) is 204 Å². The molecule has 3 saturated heterocycles. The minimum absolute atomic E-state index is 0.0135. The van der Waals surface area contributed by atoms with Crippen LogP contribution in [0, 0.1) is 23.7 Å². The van der Waals surface area contributed by atoms with Crippen LogP contribution in [0.1, 0.15) is 131 Å². The highest BCUT2D eigenvalue weighted by Crippen LogP contribution is 2.42. The van der Waals surface area contributed by atoms with Crippen molar-refractivity contribution in [2.75, 3.05) is 46.2 Å². The molecule has 18 atom stereocenters. The highest BCUT2D eigenvalue weighted by Gasteiger charge is 2.54. The third kappa shape index (κ3) is 14.0. The van der Waals surface area contributed by atoms with Gasteiger partial charge in [0.05, 0.1) is 64.7 Å². The lowest BCUT2D eigenvalue weighted by Crippen LogP contribution is -2.61. The molecule has 7 N–H and O–H groups in total. The maximum atomic E-state index is 14.5. The zero-order valence-corrected chi connectivity index (χ0v) is 47.7. The van der Waals surface area contributed by atoms with Gasteiger partial charge in [0, 0.05) is 74.6 Å². The van der Waals surface area contributed by atoms with Crippen LogP contribution in [0.3, 0.4) is 0 Å². The molecule has 0 amide bonds. The molecule has 2 aromatic rings. The number of aromatic nitrogens is 1. The molecule has 0 bridgehead atoms. The number of carbonyl (C=O) groups excluding carboxylic acids is 3. The number of cyclic esters (lactones) is 1. The maximum Gasteiger partial charge on any atom is 0.341 e. The van der Waals surface area contributed by atoms with Crippen molar-refractivity contribution in [2.24, 2.45) is 23.7 Å². The van der Waals surface area contributed by atoms with Crippen molar-refractivity contribution >= 4 is 51.9 Å². The fourth-order valence-electron chi connectivity index (χ4n) is 11.7. The summed E-state index contributed by atoms with van der Waals surface area (Å²) in [7, 11) is 5.13. The predicted octanol–water partition coefficient (Wildman–Crippen LogP) is 4.43. The number of esters is 2. The van der Waals surface area contributed by atoms with Gasteiger partial charge in [0.15, 0.2) is 18.7 Å². The summed E-state index contributed by atoms with van der Waals surface area (Å²) in [5, 5.41) is 64.3. The average Bonchev–Trinajstić information content (AvgIpc) is 4.21. The summed E-state index contributed by atoms with van der Waals surface area (Å²) in [5.74, 6) is -7.23. The third-order valence-electron chi connectivity index (χ3n) is 16.5. The first-order chi connectivity index (χ1) is 36.0. The van der Waals surface area contributed by atoms with Crippen LogP contribution in [0.4, 0.5) is 5.69 Å². The third-order valence-corrected chi connectivity index (χ3v) is 16.8. The van der Waals surface area contributed by atoms with E-state index >= 15 is 0 Å². The molecule has 0 radical (unpaired) electrons. The molecule has 1 saturated carbocycles. The number of aliphatic hydroxyl groups is 4. The van der Waals surface area contributed by atoms with Crippen molar-refractivity contribution in [3.05, 3.63) is 39.1 Å². The number of nitrogens with one attached hydrogen (secondary N) is 2. The Labute approximate surface area is 456 Å². The quantitative estimate of drug-likeness (QED) is 0.0852. The highest BCUT2D eigenvalue weighted by atomic mass is 35.5. The van der Waals surface area contributed by atoms with Crippen LogP contribution < -0.4 is 16.1 Å². The normalized spacial score (nSPS) is 37.8. The number of likely N-dealkylation sites (N-methyl/N-ethyl adjacent to an activating group) is 1. The van der Waals surface area contributed by atoms with Crippen LogP contribution in [-0.2, 0) is 47.5 Å². The minimum Gasteiger partial charge on any atom is -0.477 e. The summed E-state index contributed by atoms with van der Waals surface area (Å²) in [6.45, 7) is 17.2. The van der Waals surface area contributed by atoms with Crippen molar-refractivity contribution in [3.63, 3.8) is 0 Å². The number of carboxylic acids is 1. The Morgan fingerprint density at radius 3 is 2.21 bits per heavy atom. The molecule has 1 aliphatic carbocycles. The largest absolute Gasteiger partial charge is 0.477 e. The van der Waals surface area contributed by atoms with Gasteiger partial charge in [0.2, 0.25) is 5.43 Å². The van der Waals surface area contributed by atoms with Gasteiger partial charge < -0.3 is 78.8 Å². The summed E-state index contributed by atoms with van der Waals surface area (Å²) in [6.07, 6.45) is -7.61. The standard InChI is InChI=1S/C55H85ClN4O17/c1-14-40-55(10,70)47(65)29(4)43(62)27(2)24-53(8,69)48(77-52-45(64)39(59(11)12)21-28(3)72-52)30(5)46(31(6)51(68)74-40)76-42-25-54(9,71-13)49(32(7)73-42)75-41(61)17-18-57-19-20-58-37-22-34-38(23-36(37)56)60(33-15-16-33)26-35(44(34)63)50(66)67/h22-23,26-33,39-40,42,45-49,52,57-58,64-65,69-70H,14-21,24-25H2,1-13H3,(H,66,67)/t27-,28-,29+,30+,31-,32+,39+,40-,42+,45-,46+,47-,48-,49+,52+,53-,54-,55-/m1/s1. The Morgan fingerprint density at radius 2 is 1.60 bits per heavy atom. The van der Waals surface area contributed by atoms with Crippen LogP contribution in [-0.4, -0.2) is 184 Å². The lowest BCUT2D eigenvalue weighted by molar-refractivity contribution is -0.318. The number of carbonyl (C=O) groups is 4. The van der Waals surface area contributed by atoms with E-state index in [1.807, 2.05) is 25.9 Å². The molecule has 6 rings (SSSR count). The van der Waals surface area contributed by atoms with Gasteiger partial charge in [0.25, 0.3) is 0 Å². The highest BCUT2D eigenvalue weighted by molar-refractivity contribution is 6.34. The van der Waals surface area contributed by atoms with E-state index in [-0.39, 0.29) is 61.4 Å². The fraction of sp³-hybridized carbons (Fsp3) is 0.764. The molecular weight excluding hydrogens is 1020 g/mol. The van der Waals surface area contributed by atoms with Crippen molar-refractivity contribution in [3.8, 4) is 0 Å². The molecule has 0 spiro atoms. The summed E-state index contributed by atoms with van der Waals surface area (Å²) in [6, 6.07) is 2.96. The second-order valence-corrected chi connectivity index (χ2v) is 23.4. The van der Waals surface area contributed by atoms with Gasteiger partial charge in [-0.05, 0) is 99.9 Å². The Hall–Kier alpha value is -3.84. The van der Waals surface area contributed by atoms with E-state index in [0.29, 0.717) is 35.7 Å². The number of carboxylic acid groups (broad SMARTS) is 1. The SMILES string of the molecule is CC[C@H]1OC(=O)[C@H](C)[C@@H](O[C@H]2C[C@@](C)(OC)[C@@H](OC(=O)CCNCCNc3cc4c(=O)c(C(=O)O)cn(C5CC5)c4cc3Cl)[C@H](C)O2)[C@H](C)[C@@H](O[C@@H]2O[C@H](C)C[C@H](N(C)C)[C@H]2O)[C@](C)(O)C[C@@H](C)C(=O)[C@H](C)[C@@H](O)[C@]1(C)O. The van der Waals surface area contributed by atoms with Crippen molar-refractivity contribution < 1.29 is 77.9 Å². The molecule has 4 heterocycles. The Balaban J connectivity index is 1.17. The van der Waals surface area contributed by atoms with Gasteiger partial charge in [-0.25, -0.2) is 4.79 Å². The zero-order chi connectivity index (χ0) is 57.2. The maximum absolute atomic E-state index is 14.5. The van der Waals surface area contributed by atoms with Gasteiger partial charge >= 0.3 is 17.9 Å². The lowest BCUT2D eigenvalue weighted by atomic mass is 9.74. The number of Topliss-reactive ketones (excluding diaryl/α,β-unsaturated/α-hetero) is 1. The molecular formula is C55H85ClN4O17. The van der Waals surface area contributed by atoms with Crippen molar-refractivity contribution in [1.82, 2.24) is 14.8 Å². The summed E-state index contributed by atoms with van der Waals surface area (Å²) in [5.41, 5.74) is -5.03. The van der Waals surface area contributed by atoms with Crippen LogP contribution in [0.2, 0.25) is 5.02 Å². The molecule has 1 aromatic carbocycles. The number of benzene rings is 1. The van der Waals surface area contributed by atoms with Gasteiger partial charge in [0.1, 0.15) is 34.8 Å². The van der Waals surface area contributed by atoms with E-state index in [2.05, 4.69) is 10.6 Å². The van der Waals surface area contributed by atoms with E-state index in [0.717, 1.165) is 12.8 Å². The number of aromatic carboxylic acids is 1. The molecule has 77 heavy (non-hydrogen) atoms. The topological polar surface area (TPSA) is 283 Å². The first kappa shape index (κ1) is 62.4. The molecule has 21 nitrogen and oxygen atoms in total. The van der Waals surface area contributed by atoms with Gasteiger partial charge in [-0.15, -0.1) is 0 Å². The number of pyridine rings is 1. The van der Waals surface area contributed by atoms with E-state index in [4.69, 9.17) is 44.8 Å². The summed E-state index contributed by atoms with van der Waals surface area (Å²) >= 11 is 6.63. The number of fused-ring (bicyclic) bond motifs is 1. The van der Waals surface area contributed by atoms with Crippen LogP contribution in [0.5, 0.6) is 0 Å². The average molecular weight is 1110 g/mol. The summed E-state index contributed by atoms with van der Waals surface area (Å²) < 4.78 is 46.1. The van der Waals surface area contributed by atoms with E-state index in [1.54, 1.807) is 58.2 Å². The van der Waals surface area contributed by atoms with E-state index in [1.165, 1.54) is 34.1 Å². The Kier molecular flexibility index (Phi) is 20.5. The number of ether oxygens (including phenoxy) is 7. The Bertz CT molecular complexity index is 2470. The molecule has 0 unspecified atom stereocenters. The number of rotatable bonds is 17. The smallest absolute Gasteiger partial charge is 0.341 e. The number of halogens is 1. The Morgan fingerprint density at radius 1 is 0.922 bits per heavy atom. The molecule has 4 fully saturated rings. The molecule has 4 aliphatic rings. The number of methoxy groups -OCH3 is 1. The van der Waals surface area contributed by atoms with Crippen molar-refractivity contribution in [1.29, 1.82) is 0 Å². The number of nitrogens with zero attached hydrogens (tertiary/aromatic N) is 2. The van der Waals surface area contributed by atoms with E-state index < -0.39 is 125 Å². The predicted molar refractivity (Wildman–Crippen MR) is 285 cm³/mol. The van der Waals surface area contributed by atoms with Crippen LogP contribution >= 0.6 is 11.6 Å². The number of ketones is 1. The molecule has 434 valence electrons. The second kappa shape index (κ2) is 25.3. The summed E-state index contributed by atoms with van der Waals surface area (Å²) in [4.78, 5) is 68.9. The monoisotopic (exact) mass is 1110 g/mol.